The van der Waals surface area contributed by atoms with E-state index in [2.05, 4.69) is 10.00 Å². The molecule has 0 bridgehead atoms. The molecule has 0 aliphatic carbocycles. The number of fused-ring (bicyclic) bond motifs is 1. The summed E-state index contributed by atoms with van der Waals surface area (Å²) in [5.74, 6) is -0.314. The van der Waals surface area contributed by atoms with Crippen LogP contribution in [0.15, 0.2) is 36.5 Å². The second-order valence-electron chi connectivity index (χ2n) is 7.29. The summed E-state index contributed by atoms with van der Waals surface area (Å²) in [5.41, 5.74) is 1.52. The van der Waals surface area contributed by atoms with Gasteiger partial charge in [-0.2, -0.15) is 5.10 Å². The maximum Gasteiger partial charge on any atom is 0.227 e. The fourth-order valence-electron chi connectivity index (χ4n) is 4.08. The zero-order valence-electron chi connectivity index (χ0n) is 15.0. The summed E-state index contributed by atoms with van der Waals surface area (Å²) in [5, 5.41) is 4.38. The number of nitrogens with zero attached hydrogens (tertiary/aromatic N) is 4. The summed E-state index contributed by atoms with van der Waals surface area (Å²) in [6.45, 7) is 4.48. The summed E-state index contributed by atoms with van der Waals surface area (Å²) in [7, 11) is 0. The zero-order valence-corrected chi connectivity index (χ0v) is 15.0. The molecule has 0 spiro atoms. The van der Waals surface area contributed by atoms with Crippen LogP contribution in [0.5, 0.6) is 0 Å². The number of benzene rings is 1. The van der Waals surface area contributed by atoms with Crippen LogP contribution in [0.4, 0.5) is 4.39 Å². The molecule has 26 heavy (non-hydrogen) atoms. The smallest absolute Gasteiger partial charge is 0.227 e. The van der Waals surface area contributed by atoms with Gasteiger partial charge >= 0.3 is 0 Å². The predicted octanol–water partition coefficient (Wildman–Crippen LogP) is 2.46. The van der Waals surface area contributed by atoms with Gasteiger partial charge in [-0.25, -0.2) is 4.39 Å². The van der Waals surface area contributed by atoms with Crippen LogP contribution >= 0.6 is 0 Å². The molecule has 2 aromatic rings. The largest absolute Gasteiger partial charge is 0.332 e. The number of hydrogen-bond donors (Lipinski definition) is 0. The van der Waals surface area contributed by atoms with E-state index < -0.39 is 0 Å². The SMILES string of the molecule is O=C(Cc1ccccc1F)N1Cc2ccnn2CCC1CN1CCCC1. The molecule has 3 heterocycles. The lowest BCUT2D eigenvalue weighted by Crippen LogP contribution is -2.46. The van der Waals surface area contributed by atoms with Crippen molar-refractivity contribution in [2.45, 2.75) is 44.8 Å². The molecule has 0 saturated carbocycles. The fourth-order valence-corrected chi connectivity index (χ4v) is 4.08. The maximum absolute atomic E-state index is 14.0. The van der Waals surface area contributed by atoms with E-state index >= 15 is 0 Å². The average Bonchev–Trinajstić information content (AvgIpc) is 3.27. The Balaban J connectivity index is 1.55. The quantitative estimate of drug-likeness (QED) is 0.845. The van der Waals surface area contributed by atoms with Gasteiger partial charge in [0.25, 0.3) is 0 Å². The fraction of sp³-hybridized carbons (Fsp3) is 0.500. The Morgan fingerprint density at radius 1 is 1.15 bits per heavy atom. The highest BCUT2D eigenvalue weighted by Crippen LogP contribution is 2.21. The number of amides is 1. The van der Waals surface area contributed by atoms with Gasteiger partial charge in [0, 0.05) is 25.3 Å². The lowest BCUT2D eigenvalue weighted by Gasteiger charge is -2.33. The minimum Gasteiger partial charge on any atom is -0.332 e. The van der Waals surface area contributed by atoms with E-state index in [9.17, 15) is 9.18 Å². The third-order valence-electron chi connectivity index (χ3n) is 5.54. The van der Waals surface area contributed by atoms with Crippen LogP contribution in [0.3, 0.4) is 0 Å². The molecule has 1 unspecified atom stereocenters. The van der Waals surface area contributed by atoms with Crippen molar-refractivity contribution < 1.29 is 9.18 Å². The third kappa shape index (κ3) is 3.65. The normalized spacial score (nSPS) is 20.8. The summed E-state index contributed by atoms with van der Waals surface area (Å²) in [6.07, 6.45) is 5.25. The molecule has 5 nitrogen and oxygen atoms in total. The molecule has 0 N–H and O–H groups in total. The van der Waals surface area contributed by atoms with Crippen molar-refractivity contribution in [3.05, 3.63) is 53.6 Å². The number of carbonyl (C=O) groups excluding carboxylic acids is 1. The van der Waals surface area contributed by atoms with Gasteiger partial charge in [-0.05, 0) is 50.0 Å². The molecular formula is C20H25FN4O. The van der Waals surface area contributed by atoms with Crippen molar-refractivity contribution in [2.75, 3.05) is 19.6 Å². The average molecular weight is 356 g/mol. The van der Waals surface area contributed by atoms with E-state index in [1.807, 2.05) is 15.6 Å². The Morgan fingerprint density at radius 2 is 1.96 bits per heavy atom. The molecular weight excluding hydrogens is 331 g/mol. The predicted molar refractivity (Wildman–Crippen MR) is 97.0 cm³/mol. The molecule has 1 aromatic carbocycles. The standard InChI is InChI=1S/C20H25FN4O/c21-19-6-2-1-5-16(19)13-20(26)24-15-18-7-9-22-25(18)12-8-17(24)14-23-10-3-4-11-23/h1-2,5-7,9,17H,3-4,8,10-15H2. The van der Waals surface area contributed by atoms with Crippen LogP contribution in [0.25, 0.3) is 0 Å². The van der Waals surface area contributed by atoms with Gasteiger partial charge in [0.2, 0.25) is 5.91 Å². The molecule has 4 rings (SSSR count). The van der Waals surface area contributed by atoms with E-state index in [0.717, 1.165) is 38.3 Å². The highest BCUT2D eigenvalue weighted by Gasteiger charge is 2.30. The minimum absolute atomic E-state index is 0.00560. The zero-order chi connectivity index (χ0) is 17.9. The van der Waals surface area contributed by atoms with Crippen LogP contribution < -0.4 is 0 Å². The lowest BCUT2D eigenvalue weighted by molar-refractivity contribution is -0.134. The highest BCUT2D eigenvalue weighted by molar-refractivity contribution is 5.79. The Labute approximate surface area is 153 Å². The number of aryl methyl sites for hydroxylation is 1. The van der Waals surface area contributed by atoms with Crippen molar-refractivity contribution in [1.82, 2.24) is 19.6 Å². The molecule has 1 fully saturated rings. The van der Waals surface area contributed by atoms with Gasteiger partial charge in [0.05, 0.1) is 18.7 Å². The number of rotatable bonds is 4. The molecule has 1 atom stereocenters. The van der Waals surface area contributed by atoms with Crippen LogP contribution in [0, 0.1) is 5.82 Å². The van der Waals surface area contributed by atoms with Gasteiger partial charge in [0.1, 0.15) is 5.82 Å². The first-order chi connectivity index (χ1) is 12.7. The summed E-state index contributed by atoms with van der Waals surface area (Å²) >= 11 is 0. The number of carbonyl (C=O) groups is 1. The van der Waals surface area contributed by atoms with E-state index in [4.69, 9.17) is 0 Å². The Hall–Kier alpha value is -2.21. The molecule has 138 valence electrons. The van der Waals surface area contributed by atoms with Crippen molar-refractivity contribution in [2.24, 2.45) is 0 Å². The van der Waals surface area contributed by atoms with Crippen molar-refractivity contribution in [3.8, 4) is 0 Å². The molecule has 2 aliphatic heterocycles. The van der Waals surface area contributed by atoms with E-state index in [1.54, 1.807) is 24.4 Å². The monoisotopic (exact) mass is 356 g/mol. The Kier molecular flexibility index (Phi) is 5.02. The van der Waals surface area contributed by atoms with Crippen LogP contribution in [0.1, 0.15) is 30.5 Å². The molecule has 2 aliphatic rings. The first-order valence-electron chi connectivity index (χ1n) is 9.46. The summed E-state index contributed by atoms with van der Waals surface area (Å²) in [6, 6.07) is 8.68. The third-order valence-corrected chi connectivity index (χ3v) is 5.54. The van der Waals surface area contributed by atoms with Gasteiger partial charge in [-0.3, -0.25) is 9.48 Å². The first kappa shape index (κ1) is 17.2. The van der Waals surface area contributed by atoms with Gasteiger partial charge in [0.15, 0.2) is 0 Å². The second-order valence-corrected chi connectivity index (χ2v) is 7.29. The lowest BCUT2D eigenvalue weighted by atomic mass is 10.1. The number of halogens is 1. The number of likely N-dealkylation sites (tertiary alicyclic amines) is 1. The van der Waals surface area contributed by atoms with E-state index in [1.165, 1.54) is 18.9 Å². The molecule has 1 saturated heterocycles. The van der Waals surface area contributed by atoms with Crippen molar-refractivity contribution in [1.29, 1.82) is 0 Å². The van der Waals surface area contributed by atoms with Gasteiger partial charge in [-0.1, -0.05) is 18.2 Å². The van der Waals surface area contributed by atoms with Crippen LogP contribution in [0.2, 0.25) is 0 Å². The topological polar surface area (TPSA) is 41.4 Å². The van der Waals surface area contributed by atoms with E-state index in [0.29, 0.717) is 12.1 Å². The van der Waals surface area contributed by atoms with Gasteiger partial charge < -0.3 is 9.80 Å². The van der Waals surface area contributed by atoms with Crippen LogP contribution in [-0.4, -0.2) is 51.2 Å². The molecule has 6 heteroatoms. The maximum atomic E-state index is 14.0. The van der Waals surface area contributed by atoms with Crippen LogP contribution in [-0.2, 0) is 24.3 Å². The highest BCUT2D eigenvalue weighted by atomic mass is 19.1. The van der Waals surface area contributed by atoms with E-state index in [-0.39, 0.29) is 24.2 Å². The Morgan fingerprint density at radius 3 is 2.77 bits per heavy atom. The van der Waals surface area contributed by atoms with Gasteiger partial charge in [-0.15, -0.1) is 0 Å². The number of aromatic nitrogens is 2. The summed E-state index contributed by atoms with van der Waals surface area (Å²) in [4.78, 5) is 17.5. The summed E-state index contributed by atoms with van der Waals surface area (Å²) < 4.78 is 16.0. The Bertz CT molecular complexity index is 769. The number of hydrogen-bond acceptors (Lipinski definition) is 3. The van der Waals surface area contributed by atoms with Crippen molar-refractivity contribution in [3.63, 3.8) is 0 Å². The minimum atomic E-state index is -0.309. The molecule has 0 radical (unpaired) electrons. The molecule has 1 aromatic heterocycles. The second kappa shape index (κ2) is 7.58. The molecule has 1 amide bonds. The van der Waals surface area contributed by atoms with Crippen molar-refractivity contribution >= 4 is 5.91 Å². The first-order valence-corrected chi connectivity index (χ1v) is 9.46.